The number of aliphatic carboxylic acids is 1. The maximum atomic E-state index is 12.9. The summed E-state index contributed by atoms with van der Waals surface area (Å²) < 4.78 is 39.6. The lowest BCUT2D eigenvalue weighted by atomic mass is 9.77. The number of nitrogens with zero attached hydrogens (tertiary/aromatic N) is 5. The molecule has 13 heteroatoms. The van der Waals surface area contributed by atoms with Gasteiger partial charge in [-0.2, -0.15) is 14.7 Å². The van der Waals surface area contributed by atoms with Crippen LogP contribution in [0.15, 0.2) is 53.8 Å². The molecule has 12 nitrogen and oxygen atoms in total. The summed E-state index contributed by atoms with van der Waals surface area (Å²) >= 11 is 0. The number of para-hydroxylation sites is 1. The molecule has 1 saturated carbocycles. The van der Waals surface area contributed by atoms with Crippen LogP contribution < -0.4 is 5.73 Å². The van der Waals surface area contributed by atoms with Gasteiger partial charge >= 0.3 is 5.97 Å². The Morgan fingerprint density at radius 2 is 1.87 bits per heavy atom. The third kappa shape index (κ3) is 5.00. The zero-order valence-electron chi connectivity index (χ0n) is 21.6. The van der Waals surface area contributed by atoms with Gasteiger partial charge < -0.3 is 20.3 Å². The normalized spacial score (nSPS) is 19.9. The van der Waals surface area contributed by atoms with E-state index in [2.05, 4.69) is 10.2 Å². The molecule has 3 heterocycles. The topological polar surface area (TPSA) is 164 Å². The Balaban J connectivity index is 1.54. The molecule has 1 fully saturated rings. The van der Waals surface area contributed by atoms with E-state index in [1.54, 1.807) is 17.1 Å². The summed E-state index contributed by atoms with van der Waals surface area (Å²) in [5, 5.41) is 18.7. The third-order valence-electron chi connectivity index (χ3n) is 7.18. The van der Waals surface area contributed by atoms with Crippen molar-refractivity contribution < 1.29 is 27.8 Å². The van der Waals surface area contributed by atoms with Crippen LogP contribution in [0.25, 0.3) is 22.5 Å². The van der Waals surface area contributed by atoms with E-state index >= 15 is 0 Å². The minimum atomic E-state index is -3.78. The molecule has 1 aliphatic carbocycles. The van der Waals surface area contributed by atoms with Crippen LogP contribution in [0.5, 0.6) is 0 Å². The molecule has 1 aromatic carbocycles. The number of nitrogens with two attached hydrogens (primary N) is 1. The largest absolute Gasteiger partial charge is 0.479 e. The average molecular weight is 555 g/mol. The number of nitrogen functional groups attached to an aromatic ring is 1. The van der Waals surface area contributed by atoms with Crippen LogP contribution in [0.4, 0.5) is 5.82 Å². The Kier molecular flexibility index (Phi) is 7.14. The molecule has 1 aliphatic rings. The van der Waals surface area contributed by atoms with Crippen molar-refractivity contribution in [3.05, 3.63) is 54.6 Å². The van der Waals surface area contributed by atoms with Gasteiger partial charge in [-0.3, -0.25) is 0 Å². The van der Waals surface area contributed by atoms with Crippen LogP contribution in [0.2, 0.25) is 0 Å². The monoisotopic (exact) mass is 554 g/mol. The number of anilines is 1. The van der Waals surface area contributed by atoms with E-state index < -0.39 is 21.4 Å². The standard InChI is InChI=1S/C26H30N6O6S/c1-37-12-13-38-26(25(33)34)10-8-17(9-11-26)21-22(39(2,35)36)23(27)32-24(30-21)20(15-29-32)18-14-28-31(16-18)19-6-4-3-5-7-19/h3-7,14-17H,8-13,27H2,1-2H3,(H,33,34)/t17-,26+. The summed E-state index contributed by atoms with van der Waals surface area (Å²) in [6, 6.07) is 9.61. The summed E-state index contributed by atoms with van der Waals surface area (Å²) in [5.74, 6) is -1.42. The predicted molar refractivity (Wildman–Crippen MR) is 142 cm³/mol. The van der Waals surface area contributed by atoms with Gasteiger partial charge in [-0.1, -0.05) is 18.2 Å². The minimum absolute atomic E-state index is 0.0365. The second kappa shape index (κ2) is 10.4. The van der Waals surface area contributed by atoms with Crippen molar-refractivity contribution in [2.24, 2.45) is 0 Å². The molecule has 0 atom stereocenters. The molecule has 3 N–H and O–H groups in total. The van der Waals surface area contributed by atoms with E-state index in [-0.39, 0.29) is 42.7 Å². The zero-order chi connectivity index (χ0) is 27.8. The van der Waals surface area contributed by atoms with Gasteiger partial charge in [0.25, 0.3) is 0 Å². The smallest absolute Gasteiger partial charge is 0.335 e. The summed E-state index contributed by atoms with van der Waals surface area (Å²) in [6.07, 6.45) is 7.31. The van der Waals surface area contributed by atoms with E-state index in [4.69, 9.17) is 20.2 Å². The number of sulfone groups is 1. The summed E-state index contributed by atoms with van der Waals surface area (Å²) in [5.41, 5.74) is 8.02. The Hall–Kier alpha value is -3.81. The third-order valence-corrected chi connectivity index (χ3v) is 8.34. The van der Waals surface area contributed by atoms with Gasteiger partial charge in [0.2, 0.25) is 0 Å². The fourth-order valence-corrected chi connectivity index (χ4v) is 6.22. The van der Waals surface area contributed by atoms with E-state index in [0.29, 0.717) is 29.7 Å². The second-order valence-electron chi connectivity index (χ2n) is 9.70. The van der Waals surface area contributed by atoms with Crippen LogP contribution >= 0.6 is 0 Å². The van der Waals surface area contributed by atoms with Crippen LogP contribution in [0, 0.1) is 0 Å². The SMILES string of the molecule is COCCO[C@]1(C(=O)O)CC[C@H](c2nc3c(-c4cnn(-c5ccccc5)c4)cnn3c(N)c2S(C)(=O)=O)CC1. The fraction of sp³-hybridized carbons (Fsp3) is 0.385. The van der Waals surface area contributed by atoms with Crippen molar-refractivity contribution >= 4 is 27.3 Å². The molecule has 0 amide bonds. The maximum absolute atomic E-state index is 12.9. The predicted octanol–water partition coefficient (Wildman–Crippen LogP) is 2.71. The number of carboxylic acids is 1. The highest BCUT2D eigenvalue weighted by Gasteiger charge is 2.44. The first-order chi connectivity index (χ1) is 18.6. The Bertz CT molecular complexity index is 1610. The Morgan fingerprint density at radius 3 is 2.51 bits per heavy atom. The van der Waals surface area contributed by atoms with E-state index in [0.717, 1.165) is 17.5 Å². The summed E-state index contributed by atoms with van der Waals surface area (Å²) in [7, 11) is -2.27. The first kappa shape index (κ1) is 26.8. The van der Waals surface area contributed by atoms with Gasteiger partial charge in [0.15, 0.2) is 21.1 Å². The van der Waals surface area contributed by atoms with Crippen molar-refractivity contribution in [1.29, 1.82) is 0 Å². The van der Waals surface area contributed by atoms with Crippen LogP contribution in [0.3, 0.4) is 0 Å². The molecule has 0 unspecified atom stereocenters. The lowest BCUT2D eigenvalue weighted by Gasteiger charge is -2.36. The van der Waals surface area contributed by atoms with Crippen molar-refractivity contribution in [2.75, 3.05) is 32.3 Å². The van der Waals surface area contributed by atoms with Crippen molar-refractivity contribution in [2.45, 2.75) is 42.1 Å². The van der Waals surface area contributed by atoms with Crippen LogP contribution in [-0.2, 0) is 24.1 Å². The molecule has 3 aromatic heterocycles. The number of benzene rings is 1. The Labute approximate surface area is 225 Å². The number of hydrogen-bond donors (Lipinski definition) is 2. The first-order valence-corrected chi connectivity index (χ1v) is 14.4. The van der Waals surface area contributed by atoms with Gasteiger partial charge in [-0.15, -0.1) is 0 Å². The van der Waals surface area contributed by atoms with E-state index in [1.165, 1.54) is 11.6 Å². The molecular weight excluding hydrogens is 524 g/mol. The van der Waals surface area contributed by atoms with Crippen LogP contribution in [-0.4, -0.2) is 76.1 Å². The van der Waals surface area contributed by atoms with Crippen molar-refractivity contribution in [3.8, 4) is 16.8 Å². The second-order valence-corrected chi connectivity index (χ2v) is 11.7. The molecule has 0 bridgehead atoms. The minimum Gasteiger partial charge on any atom is -0.479 e. The van der Waals surface area contributed by atoms with Crippen molar-refractivity contribution in [1.82, 2.24) is 24.4 Å². The number of aromatic nitrogens is 5. The molecule has 0 aliphatic heterocycles. The summed E-state index contributed by atoms with van der Waals surface area (Å²) in [4.78, 5) is 16.8. The molecule has 0 radical (unpaired) electrons. The quantitative estimate of drug-likeness (QED) is 0.294. The molecule has 5 rings (SSSR count). The van der Waals surface area contributed by atoms with Gasteiger partial charge in [-0.05, 0) is 37.8 Å². The van der Waals surface area contributed by atoms with Crippen LogP contribution in [0.1, 0.15) is 37.3 Å². The van der Waals surface area contributed by atoms with Gasteiger partial charge in [0, 0.05) is 36.6 Å². The zero-order valence-corrected chi connectivity index (χ0v) is 22.5. The molecular formula is C26H30N6O6S. The van der Waals surface area contributed by atoms with E-state index in [1.807, 2.05) is 36.5 Å². The first-order valence-electron chi connectivity index (χ1n) is 12.5. The Morgan fingerprint density at radius 1 is 1.15 bits per heavy atom. The van der Waals surface area contributed by atoms with Gasteiger partial charge in [-0.25, -0.2) is 22.9 Å². The average Bonchev–Trinajstić information content (AvgIpc) is 3.56. The number of hydrogen-bond acceptors (Lipinski definition) is 9. The number of carbonyl (C=O) groups is 1. The van der Waals surface area contributed by atoms with E-state index in [9.17, 15) is 18.3 Å². The highest BCUT2D eigenvalue weighted by Crippen LogP contribution is 2.43. The van der Waals surface area contributed by atoms with Gasteiger partial charge in [0.1, 0.15) is 10.7 Å². The molecule has 4 aromatic rings. The maximum Gasteiger partial charge on any atom is 0.335 e. The van der Waals surface area contributed by atoms with Crippen molar-refractivity contribution in [3.63, 3.8) is 0 Å². The molecule has 0 saturated heterocycles. The lowest BCUT2D eigenvalue weighted by molar-refractivity contribution is -0.173. The number of fused-ring (bicyclic) bond motifs is 1. The number of carboxylic acid groups (broad SMARTS) is 1. The molecule has 206 valence electrons. The number of methoxy groups -OCH3 is 1. The number of rotatable bonds is 9. The lowest BCUT2D eigenvalue weighted by Crippen LogP contribution is -2.45. The highest BCUT2D eigenvalue weighted by molar-refractivity contribution is 7.91. The summed E-state index contributed by atoms with van der Waals surface area (Å²) in [6.45, 7) is 0.422. The van der Waals surface area contributed by atoms with Gasteiger partial charge in [0.05, 0.1) is 37.0 Å². The molecule has 0 spiro atoms. The highest BCUT2D eigenvalue weighted by atomic mass is 32.2. The molecule has 39 heavy (non-hydrogen) atoms. The fourth-order valence-electron chi connectivity index (χ4n) is 5.16. The number of ether oxygens (including phenoxy) is 2.